The molecule has 4 saturated carbocycles. The number of fused-ring (bicyclic) bond motifs is 5. The predicted octanol–water partition coefficient (Wildman–Crippen LogP) is 6.81. The van der Waals surface area contributed by atoms with E-state index in [1.807, 2.05) is 13.8 Å². The van der Waals surface area contributed by atoms with E-state index in [9.17, 15) is 19.2 Å². The van der Waals surface area contributed by atoms with Crippen molar-refractivity contribution in [2.45, 2.75) is 150 Å². The summed E-state index contributed by atoms with van der Waals surface area (Å²) in [6.45, 7) is 16.9. The first-order chi connectivity index (χ1) is 20.0. The third kappa shape index (κ3) is 6.93. The molecule has 0 saturated heterocycles. The van der Waals surface area contributed by atoms with Crippen molar-refractivity contribution in [2.75, 3.05) is 0 Å². The second-order valence-corrected chi connectivity index (χ2v) is 15.5. The summed E-state index contributed by atoms with van der Waals surface area (Å²) in [7, 11) is 0. The van der Waals surface area contributed by atoms with Gasteiger partial charge in [0.25, 0.3) is 0 Å². The molecule has 244 valence electrons. The molecule has 0 bridgehead atoms. The van der Waals surface area contributed by atoms with Crippen LogP contribution in [0, 0.1) is 46.3 Å². The Kier molecular flexibility index (Phi) is 9.98. The summed E-state index contributed by atoms with van der Waals surface area (Å²) in [5.74, 6) is 0.753. The van der Waals surface area contributed by atoms with Crippen LogP contribution in [-0.2, 0) is 38.1 Å². The van der Waals surface area contributed by atoms with Gasteiger partial charge in [-0.05, 0) is 107 Å². The maximum Gasteiger partial charge on any atom is 0.303 e. The van der Waals surface area contributed by atoms with Gasteiger partial charge in [0, 0.05) is 39.0 Å². The second-order valence-electron chi connectivity index (χ2n) is 15.5. The van der Waals surface area contributed by atoms with E-state index in [-0.39, 0.29) is 76.7 Å². The highest BCUT2D eigenvalue weighted by atomic mass is 16.6. The van der Waals surface area contributed by atoms with E-state index in [0.29, 0.717) is 11.8 Å². The Balaban J connectivity index is 1.62. The van der Waals surface area contributed by atoms with Crippen molar-refractivity contribution >= 4 is 23.9 Å². The van der Waals surface area contributed by atoms with Crippen molar-refractivity contribution in [3.63, 3.8) is 0 Å². The number of hydrogen-bond donors (Lipinski definition) is 0. The first-order valence-corrected chi connectivity index (χ1v) is 16.7. The molecular weight excluding hydrogens is 548 g/mol. The third-order valence-corrected chi connectivity index (χ3v) is 12.3. The fourth-order valence-electron chi connectivity index (χ4n) is 10.6. The molecule has 0 N–H and O–H groups in total. The van der Waals surface area contributed by atoms with Crippen LogP contribution >= 0.6 is 0 Å². The lowest BCUT2D eigenvalue weighted by Crippen LogP contribution is -2.63. The van der Waals surface area contributed by atoms with Gasteiger partial charge in [-0.1, -0.05) is 27.2 Å². The zero-order valence-corrected chi connectivity index (χ0v) is 28.0. The van der Waals surface area contributed by atoms with Crippen molar-refractivity contribution in [2.24, 2.45) is 46.3 Å². The molecule has 0 aromatic rings. The molecule has 0 radical (unpaired) electrons. The molecule has 4 aliphatic rings. The molecule has 4 rings (SSSR count). The van der Waals surface area contributed by atoms with Crippen LogP contribution in [0.5, 0.6) is 0 Å². The first-order valence-electron chi connectivity index (χ1n) is 16.7. The van der Waals surface area contributed by atoms with E-state index in [2.05, 4.69) is 20.8 Å². The molecule has 8 nitrogen and oxygen atoms in total. The molecule has 0 aliphatic heterocycles. The molecule has 0 amide bonds. The SMILES string of the molecule is CC(=O)OC1CCC2(C)C(C1)CC(OC(C)=O)C1C2CC(OC(C)=O)C2(C)C(C(C)CCCC(C)(C)OC(C)=O)CCC12. The lowest BCUT2D eigenvalue weighted by molar-refractivity contribution is -0.224. The lowest BCUT2D eigenvalue weighted by Gasteiger charge is -2.64. The maximum atomic E-state index is 12.6. The van der Waals surface area contributed by atoms with Gasteiger partial charge in [0.2, 0.25) is 0 Å². The van der Waals surface area contributed by atoms with Gasteiger partial charge in [-0.25, -0.2) is 0 Å². The van der Waals surface area contributed by atoms with Crippen LogP contribution in [0.25, 0.3) is 0 Å². The molecular formula is C35H56O8. The summed E-state index contributed by atoms with van der Waals surface area (Å²) in [6, 6.07) is 0. The van der Waals surface area contributed by atoms with Crippen LogP contribution in [-0.4, -0.2) is 47.8 Å². The van der Waals surface area contributed by atoms with Crippen molar-refractivity contribution in [1.82, 2.24) is 0 Å². The fraction of sp³-hybridized carbons (Fsp3) is 0.886. The molecule has 0 spiro atoms. The quantitative estimate of drug-likeness (QED) is 0.209. The average molecular weight is 605 g/mol. The van der Waals surface area contributed by atoms with Gasteiger partial charge >= 0.3 is 23.9 Å². The van der Waals surface area contributed by atoms with Gasteiger partial charge in [0.15, 0.2) is 0 Å². The molecule has 8 heteroatoms. The summed E-state index contributed by atoms with van der Waals surface area (Å²) in [6.07, 6.45) is 8.42. The van der Waals surface area contributed by atoms with Crippen LogP contribution in [0.1, 0.15) is 127 Å². The zero-order valence-electron chi connectivity index (χ0n) is 28.0. The van der Waals surface area contributed by atoms with Crippen molar-refractivity contribution in [3.05, 3.63) is 0 Å². The summed E-state index contributed by atoms with van der Waals surface area (Å²) in [5, 5.41) is 0. The number of esters is 4. The Bertz CT molecular complexity index is 1070. The number of ether oxygens (including phenoxy) is 4. The van der Waals surface area contributed by atoms with Crippen LogP contribution in [0.4, 0.5) is 0 Å². The van der Waals surface area contributed by atoms with Crippen LogP contribution in [0.3, 0.4) is 0 Å². The van der Waals surface area contributed by atoms with Crippen molar-refractivity contribution in [3.8, 4) is 0 Å². The smallest absolute Gasteiger partial charge is 0.303 e. The third-order valence-electron chi connectivity index (χ3n) is 12.3. The predicted molar refractivity (Wildman–Crippen MR) is 162 cm³/mol. The Labute approximate surface area is 258 Å². The standard InChI is InChI=1S/C35H56O8/c1-20(11-10-15-33(6,7)43-24(5)39)27-12-13-28-32-29(19-31(35(27,28)9)42-23(4)38)34(8)16-14-26(40-21(2)36)17-25(34)18-30(32)41-22(3)37/h20,25-32H,10-19H2,1-9H3. The highest BCUT2D eigenvalue weighted by molar-refractivity contribution is 5.67. The Morgan fingerprint density at radius 1 is 0.814 bits per heavy atom. The summed E-state index contributed by atoms with van der Waals surface area (Å²) in [5.41, 5.74) is -0.732. The van der Waals surface area contributed by atoms with Gasteiger partial charge in [-0.15, -0.1) is 0 Å². The van der Waals surface area contributed by atoms with E-state index >= 15 is 0 Å². The minimum absolute atomic E-state index is 0.0102. The maximum absolute atomic E-state index is 12.6. The van der Waals surface area contributed by atoms with E-state index in [0.717, 1.165) is 64.2 Å². The summed E-state index contributed by atoms with van der Waals surface area (Å²) in [4.78, 5) is 48.4. The van der Waals surface area contributed by atoms with Crippen LogP contribution in [0.15, 0.2) is 0 Å². The molecule has 0 aromatic heterocycles. The topological polar surface area (TPSA) is 105 Å². The largest absolute Gasteiger partial charge is 0.463 e. The van der Waals surface area contributed by atoms with Gasteiger partial charge in [0.05, 0.1) is 0 Å². The number of hydrogen-bond acceptors (Lipinski definition) is 8. The van der Waals surface area contributed by atoms with Crippen LogP contribution < -0.4 is 0 Å². The molecule has 43 heavy (non-hydrogen) atoms. The highest BCUT2D eigenvalue weighted by Crippen LogP contribution is 2.69. The average Bonchev–Trinajstić information content (AvgIpc) is 3.21. The van der Waals surface area contributed by atoms with E-state index in [1.165, 1.54) is 27.7 Å². The monoisotopic (exact) mass is 604 g/mol. The molecule has 11 atom stereocenters. The Morgan fingerprint density at radius 2 is 1.47 bits per heavy atom. The molecule has 11 unspecified atom stereocenters. The van der Waals surface area contributed by atoms with Crippen LogP contribution in [0.2, 0.25) is 0 Å². The number of rotatable bonds is 9. The lowest BCUT2D eigenvalue weighted by atomic mass is 9.43. The molecule has 4 aliphatic carbocycles. The number of carbonyl (C=O) groups excluding carboxylic acids is 4. The molecule has 4 fully saturated rings. The first kappa shape index (κ1) is 33.8. The van der Waals surface area contributed by atoms with Gasteiger partial charge < -0.3 is 18.9 Å². The Morgan fingerprint density at radius 3 is 2.07 bits per heavy atom. The Hall–Kier alpha value is -2.12. The minimum atomic E-state index is -0.494. The summed E-state index contributed by atoms with van der Waals surface area (Å²) >= 11 is 0. The minimum Gasteiger partial charge on any atom is -0.463 e. The molecule has 0 aromatic carbocycles. The van der Waals surface area contributed by atoms with Crippen molar-refractivity contribution < 1.29 is 38.1 Å². The van der Waals surface area contributed by atoms with E-state index < -0.39 is 5.60 Å². The van der Waals surface area contributed by atoms with Crippen molar-refractivity contribution in [1.29, 1.82) is 0 Å². The number of carbonyl (C=O) groups is 4. The second kappa shape index (κ2) is 12.7. The molecule has 0 heterocycles. The zero-order chi connectivity index (χ0) is 31.9. The van der Waals surface area contributed by atoms with E-state index in [4.69, 9.17) is 18.9 Å². The highest BCUT2D eigenvalue weighted by Gasteiger charge is 2.67. The van der Waals surface area contributed by atoms with Gasteiger partial charge in [-0.3, -0.25) is 19.2 Å². The summed E-state index contributed by atoms with van der Waals surface area (Å²) < 4.78 is 23.7. The van der Waals surface area contributed by atoms with Gasteiger partial charge in [0.1, 0.15) is 23.9 Å². The van der Waals surface area contributed by atoms with Gasteiger partial charge in [-0.2, -0.15) is 0 Å². The normalized spacial score (nSPS) is 39.4. The van der Waals surface area contributed by atoms with E-state index in [1.54, 1.807) is 0 Å². The fourth-order valence-corrected chi connectivity index (χ4v) is 10.6.